The minimum atomic E-state index is -0.723. The van der Waals surface area contributed by atoms with Gasteiger partial charge in [0.15, 0.2) is 0 Å². The first-order chi connectivity index (χ1) is 15.5. The molecule has 0 aliphatic heterocycles. The predicted molar refractivity (Wildman–Crippen MR) is 126 cm³/mol. The van der Waals surface area contributed by atoms with Crippen molar-refractivity contribution in [2.45, 2.75) is 26.4 Å². The molecule has 33 heavy (non-hydrogen) atoms. The van der Waals surface area contributed by atoms with Gasteiger partial charge in [-0.1, -0.05) is 12.1 Å². The second-order valence-electron chi connectivity index (χ2n) is 7.81. The maximum Gasteiger partial charge on any atom is 0.412 e. The molecule has 0 atom stereocenters. The normalized spacial score (nSPS) is 11.0. The van der Waals surface area contributed by atoms with Crippen LogP contribution in [0.5, 0.6) is 5.75 Å². The molecule has 0 aliphatic carbocycles. The molecular weight excluding hydrogens is 428 g/mol. The number of ether oxygens (including phenoxy) is 3. The van der Waals surface area contributed by atoms with E-state index in [1.165, 1.54) is 0 Å². The number of esters is 1. The number of anilines is 4. The summed E-state index contributed by atoms with van der Waals surface area (Å²) in [5.41, 5.74) is 12.3. The summed E-state index contributed by atoms with van der Waals surface area (Å²) < 4.78 is 15.6. The zero-order valence-electron chi connectivity index (χ0n) is 18.7. The van der Waals surface area contributed by atoms with E-state index < -0.39 is 23.6 Å². The van der Waals surface area contributed by atoms with Gasteiger partial charge in [-0.05, 0) is 51.1 Å². The van der Waals surface area contributed by atoms with Gasteiger partial charge in [0.2, 0.25) is 5.91 Å². The SMILES string of the molecule is CC(C)(C)OC(=O)Nc1ccccc1NC(=O)/C=C/C(=O)OCCOc1ccc(N)cc1N. The summed E-state index contributed by atoms with van der Waals surface area (Å²) in [6.07, 6.45) is 1.34. The van der Waals surface area contributed by atoms with Crippen LogP contribution in [0.4, 0.5) is 27.5 Å². The van der Waals surface area contributed by atoms with Crippen LogP contribution >= 0.6 is 0 Å². The Kier molecular flexibility index (Phi) is 8.67. The van der Waals surface area contributed by atoms with Crippen LogP contribution in [0.25, 0.3) is 0 Å². The molecule has 10 heteroatoms. The molecule has 2 amide bonds. The van der Waals surface area contributed by atoms with E-state index in [2.05, 4.69) is 10.6 Å². The van der Waals surface area contributed by atoms with Crippen molar-refractivity contribution >= 4 is 40.7 Å². The highest BCUT2D eigenvalue weighted by Crippen LogP contribution is 2.23. The number of nitrogens with two attached hydrogens (primary N) is 2. The Morgan fingerprint density at radius 3 is 2.24 bits per heavy atom. The van der Waals surface area contributed by atoms with Crippen molar-refractivity contribution in [1.29, 1.82) is 0 Å². The molecule has 0 saturated carbocycles. The Balaban J connectivity index is 1.81. The van der Waals surface area contributed by atoms with E-state index in [-0.39, 0.29) is 13.2 Å². The Morgan fingerprint density at radius 2 is 1.61 bits per heavy atom. The van der Waals surface area contributed by atoms with E-state index in [0.717, 1.165) is 12.2 Å². The van der Waals surface area contributed by atoms with Gasteiger partial charge in [-0.15, -0.1) is 0 Å². The van der Waals surface area contributed by atoms with Gasteiger partial charge in [0.1, 0.15) is 24.6 Å². The van der Waals surface area contributed by atoms with Gasteiger partial charge in [-0.2, -0.15) is 0 Å². The van der Waals surface area contributed by atoms with Crippen LogP contribution < -0.4 is 26.8 Å². The summed E-state index contributed by atoms with van der Waals surface area (Å²) >= 11 is 0. The van der Waals surface area contributed by atoms with Gasteiger partial charge in [-0.25, -0.2) is 9.59 Å². The molecule has 0 aliphatic rings. The number of hydrogen-bond donors (Lipinski definition) is 4. The Hall–Kier alpha value is -4.21. The minimum absolute atomic E-state index is 0.0444. The van der Waals surface area contributed by atoms with Gasteiger partial charge in [-0.3, -0.25) is 10.1 Å². The second-order valence-corrected chi connectivity index (χ2v) is 7.81. The molecule has 0 heterocycles. The fourth-order valence-corrected chi connectivity index (χ4v) is 2.47. The standard InChI is InChI=1S/C23H28N4O6/c1-23(2,3)33-22(30)27-18-7-5-4-6-17(18)26-20(28)10-11-21(29)32-13-12-31-19-9-8-15(24)14-16(19)25/h4-11,14H,12-13,24-25H2,1-3H3,(H,26,28)(H,27,30)/b11-10+. The zero-order chi connectivity index (χ0) is 24.4. The van der Waals surface area contributed by atoms with E-state index in [1.54, 1.807) is 63.2 Å². The van der Waals surface area contributed by atoms with E-state index in [9.17, 15) is 14.4 Å². The Bertz CT molecular complexity index is 1030. The number of carbonyl (C=O) groups excluding carboxylic acids is 3. The number of rotatable bonds is 8. The summed E-state index contributed by atoms with van der Waals surface area (Å²) in [5, 5.41) is 5.15. The molecule has 2 aromatic rings. The number of hydrogen-bond acceptors (Lipinski definition) is 8. The third-order valence-electron chi connectivity index (χ3n) is 3.81. The maximum atomic E-state index is 12.2. The first-order valence-electron chi connectivity index (χ1n) is 10.1. The van der Waals surface area contributed by atoms with Crippen LogP contribution in [-0.2, 0) is 19.1 Å². The fourth-order valence-electron chi connectivity index (χ4n) is 2.47. The average molecular weight is 456 g/mol. The van der Waals surface area contributed by atoms with Crippen LogP contribution in [0, 0.1) is 0 Å². The molecule has 0 fully saturated rings. The summed E-state index contributed by atoms with van der Waals surface area (Å²) in [4.78, 5) is 36.0. The van der Waals surface area contributed by atoms with E-state index >= 15 is 0 Å². The zero-order valence-corrected chi connectivity index (χ0v) is 18.7. The van der Waals surface area contributed by atoms with E-state index in [4.69, 9.17) is 25.7 Å². The van der Waals surface area contributed by atoms with Gasteiger partial charge >= 0.3 is 12.1 Å². The average Bonchev–Trinajstić information content (AvgIpc) is 2.71. The van der Waals surface area contributed by atoms with Crippen LogP contribution in [0.2, 0.25) is 0 Å². The quantitative estimate of drug-likeness (QED) is 0.204. The summed E-state index contributed by atoms with van der Waals surface area (Å²) in [6.45, 7) is 5.25. The first kappa shape index (κ1) is 25.1. The van der Waals surface area contributed by atoms with Crippen molar-refractivity contribution in [3.63, 3.8) is 0 Å². The molecule has 0 radical (unpaired) electrons. The van der Waals surface area contributed by atoms with Crippen molar-refractivity contribution in [1.82, 2.24) is 0 Å². The number of carbonyl (C=O) groups is 3. The highest BCUT2D eigenvalue weighted by Gasteiger charge is 2.17. The smallest absolute Gasteiger partial charge is 0.412 e. The maximum absolute atomic E-state index is 12.2. The fraction of sp³-hybridized carbons (Fsp3) is 0.261. The van der Waals surface area contributed by atoms with Crippen LogP contribution in [0.15, 0.2) is 54.6 Å². The van der Waals surface area contributed by atoms with Crippen molar-refractivity contribution < 1.29 is 28.6 Å². The molecule has 0 spiro atoms. The van der Waals surface area contributed by atoms with E-state index in [0.29, 0.717) is 28.5 Å². The lowest BCUT2D eigenvalue weighted by Gasteiger charge is -2.20. The molecule has 2 rings (SSSR count). The van der Waals surface area contributed by atoms with Crippen molar-refractivity contribution in [3.05, 3.63) is 54.6 Å². The molecule has 10 nitrogen and oxygen atoms in total. The van der Waals surface area contributed by atoms with Gasteiger partial charge in [0.05, 0.1) is 17.1 Å². The topological polar surface area (TPSA) is 155 Å². The van der Waals surface area contributed by atoms with Gasteiger partial charge < -0.3 is 31.0 Å². The van der Waals surface area contributed by atoms with Crippen molar-refractivity contribution in [2.24, 2.45) is 0 Å². The molecular formula is C23H28N4O6. The first-order valence-corrected chi connectivity index (χ1v) is 10.1. The molecule has 0 aromatic heterocycles. The largest absolute Gasteiger partial charge is 0.488 e. The lowest BCUT2D eigenvalue weighted by atomic mass is 10.2. The molecule has 6 N–H and O–H groups in total. The number of benzene rings is 2. The van der Waals surface area contributed by atoms with Gasteiger partial charge in [0.25, 0.3) is 0 Å². The number of amides is 2. The summed E-state index contributed by atoms with van der Waals surface area (Å²) in [6, 6.07) is 11.4. The van der Waals surface area contributed by atoms with Crippen LogP contribution in [0.1, 0.15) is 20.8 Å². The Labute approximate surface area is 191 Å². The highest BCUT2D eigenvalue weighted by molar-refractivity contribution is 6.05. The molecule has 0 bridgehead atoms. The summed E-state index contributed by atoms with van der Waals surface area (Å²) in [7, 11) is 0. The van der Waals surface area contributed by atoms with Crippen LogP contribution in [-0.4, -0.2) is 36.8 Å². The third-order valence-corrected chi connectivity index (χ3v) is 3.81. The molecule has 176 valence electrons. The number of nitrogen functional groups attached to an aromatic ring is 2. The highest BCUT2D eigenvalue weighted by atomic mass is 16.6. The van der Waals surface area contributed by atoms with Crippen LogP contribution in [0.3, 0.4) is 0 Å². The monoisotopic (exact) mass is 456 g/mol. The molecule has 0 saturated heterocycles. The van der Waals surface area contributed by atoms with Crippen molar-refractivity contribution in [2.75, 3.05) is 35.3 Å². The van der Waals surface area contributed by atoms with E-state index in [1.807, 2.05) is 0 Å². The lowest BCUT2D eigenvalue weighted by molar-refractivity contribution is -0.138. The van der Waals surface area contributed by atoms with Gasteiger partial charge in [0, 0.05) is 17.8 Å². The number of nitrogens with one attached hydrogen (secondary N) is 2. The van der Waals surface area contributed by atoms with Crippen molar-refractivity contribution in [3.8, 4) is 5.75 Å². The Morgan fingerprint density at radius 1 is 0.939 bits per heavy atom. The third kappa shape index (κ3) is 9.21. The molecule has 2 aromatic carbocycles. The summed E-state index contributed by atoms with van der Waals surface area (Å²) in [5.74, 6) is -0.885. The predicted octanol–water partition coefficient (Wildman–Crippen LogP) is 3.31. The molecule has 0 unspecified atom stereocenters. The lowest BCUT2D eigenvalue weighted by Crippen LogP contribution is -2.27. The number of para-hydroxylation sites is 2. The second kappa shape index (κ2) is 11.4. The minimum Gasteiger partial charge on any atom is -0.488 e.